The number of hydrogen-bond acceptors (Lipinski definition) is 8. The summed E-state index contributed by atoms with van der Waals surface area (Å²) in [6.45, 7) is 3.59. The lowest BCUT2D eigenvalue weighted by molar-refractivity contribution is -0.246. The molecule has 5 aliphatic carbocycles. The molecule has 1 heterocycles. The molecule has 0 aromatic rings. The molecule has 0 aromatic carbocycles. The van der Waals surface area contributed by atoms with Crippen LogP contribution in [0.5, 0.6) is 0 Å². The van der Waals surface area contributed by atoms with Crippen molar-refractivity contribution in [2.45, 2.75) is 75.9 Å². The quantitative estimate of drug-likeness (QED) is 0.545. The Kier molecular flexibility index (Phi) is 5.05. The molecule has 1 spiro atoms. The Morgan fingerprint density at radius 2 is 1.85 bits per heavy atom. The van der Waals surface area contributed by atoms with Gasteiger partial charge in [-0.05, 0) is 37.5 Å². The molecule has 8 heteroatoms. The highest BCUT2D eigenvalue weighted by molar-refractivity contribution is 5.71. The van der Waals surface area contributed by atoms with Crippen molar-refractivity contribution in [2.24, 2.45) is 45.4 Å². The van der Waals surface area contributed by atoms with Crippen LogP contribution in [0, 0.1) is 40.4 Å². The maximum atomic E-state index is 12.6. The van der Waals surface area contributed by atoms with Crippen molar-refractivity contribution in [3.05, 3.63) is 0 Å². The number of hydrogen-bond donors (Lipinski definition) is 0. The molecule has 188 valence electrons. The van der Waals surface area contributed by atoms with E-state index in [4.69, 9.17) is 28.7 Å². The smallest absolute Gasteiger partial charge is 0.303 e. The molecule has 34 heavy (non-hydrogen) atoms. The maximum Gasteiger partial charge on any atom is 0.303 e. The predicted molar refractivity (Wildman–Crippen MR) is 121 cm³/mol. The topological polar surface area (TPSA) is 92.6 Å². The number of aliphatic imine (C=N–C) groups is 1. The number of fused-ring (bicyclic) bond motifs is 2. The Balaban J connectivity index is 1.58. The second-order valence-corrected chi connectivity index (χ2v) is 11.7. The third-order valence-electron chi connectivity index (χ3n) is 10.8. The summed E-state index contributed by atoms with van der Waals surface area (Å²) in [5.41, 5.74) is -1.09. The van der Waals surface area contributed by atoms with Crippen molar-refractivity contribution >= 4 is 18.2 Å². The fourth-order valence-corrected chi connectivity index (χ4v) is 10.3. The number of nitrogens with zero attached hydrogens (tertiary/aromatic N) is 1. The molecule has 0 amide bonds. The molecule has 0 aromatic heterocycles. The number of methoxy groups -OCH3 is 3. The maximum absolute atomic E-state index is 12.6. The average molecular weight is 476 g/mol. The lowest BCUT2D eigenvalue weighted by Gasteiger charge is -2.64. The monoisotopic (exact) mass is 475 g/mol. The summed E-state index contributed by atoms with van der Waals surface area (Å²) < 4.78 is 30.5. The van der Waals surface area contributed by atoms with Gasteiger partial charge in [0.15, 0.2) is 0 Å². The predicted octanol–water partition coefficient (Wildman–Crippen LogP) is 2.42. The Hall–Kier alpha value is -1.51. The van der Waals surface area contributed by atoms with Crippen LogP contribution in [0.25, 0.3) is 0 Å². The van der Waals surface area contributed by atoms with Gasteiger partial charge in [-0.25, -0.2) is 0 Å². The van der Waals surface area contributed by atoms with Gasteiger partial charge in [0.05, 0.1) is 24.9 Å². The molecule has 5 saturated carbocycles. The zero-order valence-electron chi connectivity index (χ0n) is 20.8. The first-order valence-corrected chi connectivity index (χ1v) is 12.7. The van der Waals surface area contributed by atoms with Crippen LogP contribution in [-0.4, -0.2) is 76.0 Å². The minimum absolute atomic E-state index is 0.0145. The van der Waals surface area contributed by atoms with E-state index in [1.807, 2.05) is 7.11 Å². The molecular weight excluding hydrogens is 438 g/mol. The molecule has 0 unspecified atom stereocenters. The van der Waals surface area contributed by atoms with Crippen LogP contribution in [0.4, 0.5) is 0 Å². The van der Waals surface area contributed by atoms with Crippen molar-refractivity contribution in [1.29, 1.82) is 0 Å². The van der Waals surface area contributed by atoms with Gasteiger partial charge in [0.1, 0.15) is 11.7 Å². The molecule has 6 aliphatic rings. The van der Waals surface area contributed by atoms with E-state index in [1.165, 1.54) is 13.8 Å². The summed E-state index contributed by atoms with van der Waals surface area (Å²) in [7, 11) is 5.31. The zero-order chi connectivity index (χ0) is 24.0. The second kappa shape index (κ2) is 7.50. The third kappa shape index (κ3) is 2.52. The Morgan fingerprint density at radius 3 is 2.50 bits per heavy atom. The van der Waals surface area contributed by atoms with E-state index >= 15 is 0 Å². The summed E-state index contributed by atoms with van der Waals surface area (Å²) >= 11 is 0. The van der Waals surface area contributed by atoms with Gasteiger partial charge in [0, 0.05) is 76.4 Å². The molecule has 6 rings (SSSR count). The molecule has 8 nitrogen and oxygen atoms in total. The highest BCUT2D eigenvalue weighted by Gasteiger charge is 2.84. The summed E-state index contributed by atoms with van der Waals surface area (Å²) in [6, 6.07) is 0.0145. The number of esters is 2. The summed E-state index contributed by atoms with van der Waals surface area (Å²) in [4.78, 5) is 30.2. The Bertz CT molecular complexity index is 923. The summed E-state index contributed by atoms with van der Waals surface area (Å²) in [6.07, 6.45) is 6.09. The Morgan fingerprint density at radius 1 is 1.06 bits per heavy atom. The molecule has 5 fully saturated rings. The molecule has 12 atom stereocenters. The highest BCUT2D eigenvalue weighted by Crippen LogP contribution is 2.79. The lowest BCUT2D eigenvalue weighted by Crippen LogP contribution is -2.71. The van der Waals surface area contributed by atoms with E-state index in [0.29, 0.717) is 18.9 Å². The van der Waals surface area contributed by atoms with E-state index in [9.17, 15) is 9.59 Å². The fourth-order valence-electron chi connectivity index (χ4n) is 10.3. The van der Waals surface area contributed by atoms with Gasteiger partial charge in [-0.3, -0.25) is 14.6 Å². The van der Waals surface area contributed by atoms with E-state index < -0.39 is 5.60 Å². The normalized spacial score (nSPS) is 53.5. The van der Waals surface area contributed by atoms with E-state index in [2.05, 4.69) is 6.21 Å². The van der Waals surface area contributed by atoms with Gasteiger partial charge in [-0.15, -0.1) is 0 Å². The van der Waals surface area contributed by atoms with Crippen LogP contribution in [0.3, 0.4) is 0 Å². The number of carbonyl (C=O) groups is 2. The molecule has 7 bridgehead atoms. The number of rotatable bonds is 6. The van der Waals surface area contributed by atoms with Gasteiger partial charge < -0.3 is 23.7 Å². The molecule has 0 saturated heterocycles. The van der Waals surface area contributed by atoms with Crippen LogP contribution < -0.4 is 0 Å². The highest BCUT2D eigenvalue weighted by atomic mass is 16.6. The van der Waals surface area contributed by atoms with Gasteiger partial charge in [0.25, 0.3) is 0 Å². The second-order valence-electron chi connectivity index (χ2n) is 11.7. The molecular formula is C26H37NO7. The molecule has 1 aliphatic heterocycles. The first kappa shape index (κ1) is 22.9. The summed E-state index contributed by atoms with van der Waals surface area (Å²) in [5.74, 6) is -0.0724. The van der Waals surface area contributed by atoms with Crippen LogP contribution in [0.1, 0.15) is 46.0 Å². The van der Waals surface area contributed by atoms with Crippen LogP contribution in [0.2, 0.25) is 0 Å². The summed E-state index contributed by atoms with van der Waals surface area (Å²) in [5, 5.41) is 0. The first-order valence-electron chi connectivity index (χ1n) is 12.7. The number of ether oxygens (including phenoxy) is 5. The number of carbonyl (C=O) groups excluding carboxylic acids is 2. The minimum atomic E-state index is -0.768. The van der Waals surface area contributed by atoms with E-state index in [0.717, 1.165) is 25.7 Å². The van der Waals surface area contributed by atoms with Gasteiger partial charge >= 0.3 is 11.9 Å². The standard InChI is InChI=1S/C26H37NO7/c1-13(28)33-22-15-8-16-21(22)25(34-14(2)29,10-18(15)31-4)17-9-19-24(12-30-3)7-6-20(32-5)26(16,19)23(17)27-11-24/h11,15-23H,6-10,12H2,1-5H3/t15-,16-,17-,18+,19-,20+,21-,22+,23-,24+,25+,26-/m1/s1. The van der Waals surface area contributed by atoms with E-state index in [-0.39, 0.29) is 70.8 Å². The van der Waals surface area contributed by atoms with Crippen molar-refractivity contribution in [1.82, 2.24) is 0 Å². The minimum Gasteiger partial charge on any atom is -0.462 e. The van der Waals surface area contributed by atoms with Gasteiger partial charge in [-0.2, -0.15) is 0 Å². The van der Waals surface area contributed by atoms with Crippen molar-refractivity contribution < 1.29 is 33.3 Å². The van der Waals surface area contributed by atoms with Crippen molar-refractivity contribution in [2.75, 3.05) is 27.9 Å². The largest absolute Gasteiger partial charge is 0.462 e. The van der Waals surface area contributed by atoms with Crippen LogP contribution in [0.15, 0.2) is 4.99 Å². The van der Waals surface area contributed by atoms with Gasteiger partial charge in [-0.1, -0.05) is 0 Å². The molecule has 0 N–H and O–H groups in total. The van der Waals surface area contributed by atoms with Crippen LogP contribution >= 0.6 is 0 Å². The first-order chi connectivity index (χ1) is 16.3. The third-order valence-corrected chi connectivity index (χ3v) is 10.8. The van der Waals surface area contributed by atoms with Crippen molar-refractivity contribution in [3.8, 4) is 0 Å². The Labute approximate surface area is 201 Å². The fraction of sp³-hybridized carbons (Fsp3) is 0.885. The van der Waals surface area contributed by atoms with E-state index in [1.54, 1.807) is 14.2 Å². The average Bonchev–Trinajstić information content (AvgIpc) is 3.19. The SMILES string of the molecule is COC[C@]12C=N[C@@H]3[C@H]4C[C@H]1[C@@]3([C@@H](OC)CC2)[C@@H]1C[C@H]2[C@H](OC(C)=O)[C@@H]1[C@]4(OC(C)=O)C[C@@H]2OC. The zero-order valence-corrected chi connectivity index (χ0v) is 20.8. The molecule has 0 radical (unpaired) electrons. The lowest BCUT2D eigenvalue weighted by atomic mass is 9.44. The van der Waals surface area contributed by atoms with Crippen LogP contribution in [-0.2, 0) is 33.3 Å². The van der Waals surface area contributed by atoms with Crippen molar-refractivity contribution in [3.63, 3.8) is 0 Å². The van der Waals surface area contributed by atoms with Gasteiger partial charge in [0.2, 0.25) is 0 Å².